The summed E-state index contributed by atoms with van der Waals surface area (Å²) in [4.78, 5) is 14.3. The molecule has 6 heteroatoms. The number of likely N-dealkylation sites (N-methyl/N-ethyl adjacent to an activating group) is 1. The van der Waals surface area contributed by atoms with Gasteiger partial charge in [0, 0.05) is 43.5 Å². The first-order valence-electron chi connectivity index (χ1n) is 8.27. The topological polar surface area (TPSA) is 52.0 Å². The second-order valence-corrected chi connectivity index (χ2v) is 6.99. The third-order valence-corrected chi connectivity index (χ3v) is 5.61. The van der Waals surface area contributed by atoms with Gasteiger partial charge >= 0.3 is 0 Å². The summed E-state index contributed by atoms with van der Waals surface area (Å²) in [6.07, 6.45) is 3.83. The van der Waals surface area contributed by atoms with Crippen molar-refractivity contribution >= 4 is 40.0 Å². The highest BCUT2D eigenvalue weighted by Crippen LogP contribution is 2.37. The molecule has 2 aromatic rings. The summed E-state index contributed by atoms with van der Waals surface area (Å²) in [5, 5.41) is 11.1. The zero-order chi connectivity index (χ0) is 16.5. The van der Waals surface area contributed by atoms with E-state index in [0.717, 1.165) is 59.6 Å². The number of fused-ring (bicyclic) bond motifs is 1. The number of anilines is 1. The molecule has 2 aliphatic heterocycles. The highest BCUT2D eigenvalue weighted by atomic mass is 32.1. The fourth-order valence-electron chi connectivity index (χ4n) is 3.09. The lowest BCUT2D eigenvalue weighted by molar-refractivity contribution is 0.271. The number of benzene rings is 1. The van der Waals surface area contributed by atoms with E-state index in [1.807, 2.05) is 30.5 Å². The van der Waals surface area contributed by atoms with Crippen molar-refractivity contribution in [2.45, 2.75) is 6.92 Å². The number of allylic oxidation sites excluding steroid dienone is 1. The Hall–Kier alpha value is -2.18. The number of piperazine rings is 1. The third-order valence-electron chi connectivity index (χ3n) is 4.56. The zero-order valence-corrected chi connectivity index (χ0v) is 14.5. The van der Waals surface area contributed by atoms with Gasteiger partial charge in [0.1, 0.15) is 0 Å². The maximum atomic E-state index is 10.2. The number of aromatic nitrogens is 1. The maximum Gasteiger partial charge on any atom is 0.231 e. The van der Waals surface area contributed by atoms with Crippen molar-refractivity contribution in [3.8, 4) is 5.88 Å². The van der Waals surface area contributed by atoms with Gasteiger partial charge in [-0.05, 0) is 18.7 Å². The van der Waals surface area contributed by atoms with E-state index in [1.165, 1.54) is 0 Å². The van der Waals surface area contributed by atoms with E-state index in [1.54, 1.807) is 11.3 Å². The van der Waals surface area contributed by atoms with Crippen LogP contribution in [0.1, 0.15) is 17.4 Å². The molecule has 5 nitrogen and oxygen atoms in total. The molecule has 1 saturated heterocycles. The van der Waals surface area contributed by atoms with Crippen LogP contribution in [0.25, 0.3) is 11.6 Å². The van der Waals surface area contributed by atoms with Crippen molar-refractivity contribution < 1.29 is 5.11 Å². The molecule has 0 unspecified atom stereocenters. The molecule has 1 N–H and O–H groups in total. The van der Waals surface area contributed by atoms with Crippen LogP contribution in [0.3, 0.4) is 0 Å². The molecule has 1 fully saturated rings. The van der Waals surface area contributed by atoms with Gasteiger partial charge in [-0.15, -0.1) is 0 Å². The minimum absolute atomic E-state index is 0.109. The van der Waals surface area contributed by atoms with Gasteiger partial charge in [-0.2, -0.15) is 4.98 Å². The standard InChI is InChI=1S/C18H20N4OS/c1-2-21-7-9-22(10-8-21)18-20-17(23)16(24-18)11-13-12-19-15-6-4-3-5-14(13)15/h3-6,11-12,23H,2,7-10H2,1H3/b13-11+. The number of rotatable bonds is 3. The monoisotopic (exact) mass is 340 g/mol. The van der Waals surface area contributed by atoms with E-state index in [0.29, 0.717) is 0 Å². The summed E-state index contributed by atoms with van der Waals surface area (Å²) in [5.41, 5.74) is 3.10. The molecule has 4 rings (SSSR count). The Bertz CT molecular complexity index is 803. The molecule has 0 saturated carbocycles. The van der Waals surface area contributed by atoms with Crippen molar-refractivity contribution in [3.63, 3.8) is 0 Å². The van der Waals surface area contributed by atoms with Crippen LogP contribution in [-0.2, 0) is 0 Å². The highest BCUT2D eigenvalue weighted by Gasteiger charge is 2.21. The van der Waals surface area contributed by atoms with Crippen molar-refractivity contribution in [2.24, 2.45) is 4.99 Å². The zero-order valence-electron chi connectivity index (χ0n) is 13.6. The minimum atomic E-state index is 0.109. The van der Waals surface area contributed by atoms with Crippen LogP contribution in [0.2, 0.25) is 0 Å². The van der Waals surface area contributed by atoms with Crippen LogP contribution in [0.15, 0.2) is 29.3 Å². The molecule has 1 aromatic carbocycles. The number of thiazole rings is 1. The SMILES string of the molecule is CCN1CCN(c2nc(O)c(/C=C3\C=Nc4ccccc43)s2)CC1. The number of aliphatic imine (C=N–C) groups is 1. The molecule has 124 valence electrons. The molecule has 0 amide bonds. The van der Waals surface area contributed by atoms with E-state index in [-0.39, 0.29) is 5.88 Å². The largest absolute Gasteiger partial charge is 0.492 e. The van der Waals surface area contributed by atoms with E-state index in [9.17, 15) is 5.11 Å². The second kappa shape index (κ2) is 6.37. The third kappa shape index (κ3) is 2.83. The van der Waals surface area contributed by atoms with Crippen LogP contribution in [0, 0.1) is 0 Å². The Morgan fingerprint density at radius 2 is 2.00 bits per heavy atom. The smallest absolute Gasteiger partial charge is 0.231 e. The fourth-order valence-corrected chi connectivity index (χ4v) is 4.06. The number of hydrogen-bond donors (Lipinski definition) is 1. The number of hydrogen-bond acceptors (Lipinski definition) is 6. The van der Waals surface area contributed by atoms with Crippen molar-refractivity contribution in [3.05, 3.63) is 34.7 Å². The van der Waals surface area contributed by atoms with E-state index >= 15 is 0 Å². The molecule has 3 heterocycles. The van der Waals surface area contributed by atoms with Crippen LogP contribution in [-0.4, -0.2) is 53.9 Å². The average molecular weight is 340 g/mol. The molecule has 0 radical (unpaired) electrons. The maximum absolute atomic E-state index is 10.2. The van der Waals surface area contributed by atoms with Gasteiger partial charge in [0.15, 0.2) is 5.13 Å². The van der Waals surface area contributed by atoms with Crippen LogP contribution >= 0.6 is 11.3 Å². The fraction of sp³-hybridized carbons (Fsp3) is 0.333. The molecule has 1 aromatic heterocycles. The summed E-state index contributed by atoms with van der Waals surface area (Å²) in [6.45, 7) is 7.30. The lowest BCUT2D eigenvalue weighted by atomic mass is 10.1. The average Bonchev–Trinajstić information content (AvgIpc) is 3.20. The number of para-hydroxylation sites is 1. The van der Waals surface area contributed by atoms with Gasteiger partial charge in [0.05, 0.1) is 10.6 Å². The van der Waals surface area contributed by atoms with Gasteiger partial charge in [-0.3, -0.25) is 4.99 Å². The summed E-state index contributed by atoms with van der Waals surface area (Å²) >= 11 is 1.54. The Labute approximate surface area is 145 Å². The first-order chi connectivity index (χ1) is 11.7. The quantitative estimate of drug-likeness (QED) is 0.932. The second-order valence-electron chi connectivity index (χ2n) is 5.98. The summed E-state index contributed by atoms with van der Waals surface area (Å²) in [7, 11) is 0. The van der Waals surface area contributed by atoms with E-state index in [4.69, 9.17) is 0 Å². The van der Waals surface area contributed by atoms with Gasteiger partial charge in [0.2, 0.25) is 5.88 Å². The Balaban J connectivity index is 1.57. The van der Waals surface area contributed by atoms with Gasteiger partial charge in [-0.25, -0.2) is 0 Å². The van der Waals surface area contributed by atoms with Crippen molar-refractivity contribution in [2.75, 3.05) is 37.6 Å². The predicted octanol–water partition coefficient (Wildman–Crippen LogP) is 3.25. The molecule has 24 heavy (non-hydrogen) atoms. The van der Waals surface area contributed by atoms with Crippen molar-refractivity contribution in [1.29, 1.82) is 0 Å². The van der Waals surface area contributed by atoms with Crippen LogP contribution in [0.4, 0.5) is 10.8 Å². The molecular formula is C18H20N4OS. The van der Waals surface area contributed by atoms with Crippen LogP contribution < -0.4 is 4.90 Å². The lowest BCUT2D eigenvalue weighted by Gasteiger charge is -2.33. The van der Waals surface area contributed by atoms with Gasteiger partial charge < -0.3 is 14.9 Å². The molecule has 0 atom stereocenters. The molecule has 0 spiro atoms. The van der Waals surface area contributed by atoms with Crippen molar-refractivity contribution in [1.82, 2.24) is 9.88 Å². The normalized spacial score (nSPS) is 19.2. The van der Waals surface area contributed by atoms with E-state index < -0.39 is 0 Å². The van der Waals surface area contributed by atoms with Crippen LogP contribution in [0.5, 0.6) is 5.88 Å². The summed E-state index contributed by atoms with van der Waals surface area (Å²) in [5.74, 6) is 0.109. The minimum Gasteiger partial charge on any atom is -0.492 e. The molecule has 0 aliphatic carbocycles. The Kier molecular flexibility index (Phi) is 4.08. The Morgan fingerprint density at radius 1 is 1.21 bits per heavy atom. The first kappa shape index (κ1) is 15.4. The van der Waals surface area contributed by atoms with Gasteiger partial charge in [0.25, 0.3) is 0 Å². The predicted molar refractivity (Wildman–Crippen MR) is 101 cm³/mol. The van der Waals surface area contributed by atoms with Gasteiger partial charge in [-0.1, -0.05) is 36.5 Å². The molecule has 2 aliphatic rings. The molecular weight excluding hydrogens is 320 g/mol. The number of aromatic hydroxyl groups is 1. The molecule has 0 bridgehead atoms. The highest BCUT2D eigenvalue weighted by molar-refractivity contribution is 7.16. The van der Waals surface area contributed by atoms with E-state index in [2.05, 4.69) is 32.8 Å². The lowest BCUT2D eigenvalue weighted by Crippen LogP contribution is -2.46. The number of nitrogens with zero attached hydrogens (tertiary/aromatic N) is 4. The summed E-state index contributed by atoms with van der Waals surface area (Å²) in [6, 6.07) is 8.04. The summed E-state index contributed by atoms with van der Waals surface area (Å²) < 4.78 is 0. The first-order valence-corrected chi connectivity index (χ1v) is 9.08. The Morgan fingerprint density at radius 3 is 2.79 bits per heavy atom.